The summed E-state index contributed by atoms with van der Waals surface area (Å²) in [6.45, 7) is 6.46. The Bertz CT molecular complexity index is 379. The van der Waals surface area contributed by atoms with Gasteiger partial charge in [0.05, 0.1) is 0 Å². The zero-order valence-corrected chi connectivity index (χ0v) is 9.36. The molecule has 0 fully saturated rings. The summed E-state index contributed by atoms with van der Waals surface area (Å²) in [7, 11) is 0. The molecule has 0 radical (unpaired) electrons. The molecule has 0 unspecified atom stereocenters. The van der Waals surface area contributed by atoms with E-state index in [1.165, 1.54) is 13.8 Å². The Morgan fingerprint density at radius 1 is 1.38 bits per heavy atom. The van der Waals surface area contributed by atoms with Crippen LogP contribution in [0.25, 0.3) is 0 Å². The van der Waals surface area contributed by atoms with E-state index in [4.69, 9.17) is 4.74 Å². The molecule has 0 aliphatic heterocycles. The first-order valence-corrected chi connectivity index (χ1v) is 4.85. The minimum absolute atomic E-state index is 0.000862. The van der Waals surface area contributed by atoms with E-state index in [9.17, 15) is 9.90 Å². The van der Waals surface area contributed by atoms with Crippen LogP contribution in [0.2, 0.25) is 0 Å². The Balaban J connectivity index is 2.52. The largest absolute Gasteiger partial charge is 0.416 e. The number of hydrogen-bond acceptors (Lipinski definition) is 3. The van der Waals surface area contributed by atoms with E-state index in [0.29, 0.717) is 5.69 Å². The van der Waals surface area contributed by atoms with Gasteiger partial charge in [0.2, 0.25) is 0 Å². The number of amides is 1. The summed E-state index contributed by atoms with van der Waals surface area (Å²) < 4.78 is 4.82. The van der Waals surface area contributed by atoms with Crippen molar-refractivity contribution in [3.63, 3.8) is 0 Å². The van der Waals surface area contributed by atoms with E-state index in [-0.39, 0.29) is 5.76 Å². The van der Waals surface area contributed by atoms with Gasteiger partial charge in [0.15, 0.2) is 0 Å². The van der Waals surface area contributed by atoms with Gasteiger partial charge < -0.3 is 9.84 Å². The summed E-state index contributed by atoms with van der Waals surface area (Å²) in [4.78, 5) is 11.4. The van der Waals surface area contributed by atoms with Gasteiger partial charge in [0.25, 0.3) is 0 Å². The maximum atomic E-state index is 11.4. The number of nitrogens with one attached hydrogen (secondary N) is 1. The van der Waals surface area contributed by atoms with Crippen LogP contribution in [0.1, 0.15) is 13.8 Å². The Labute approximate surface area is 94.6 Å². The molecule has 0 saturated heterocycles. The maximum absolute atomic E-state index is 11.4. The molecule has 1 aromatic rings. The fourth-order valence-corrected chi connectivity index (χ4v) is 0.902. The number of carbonyl (C=O) groups excluding carboxylic acids is 1. The van der Waals surface area contributed by atoms with Crippen molar-refractivity contribution < 1.29 is 14.6 Å². The second-order valence-corrected chi connectivity index (χ2v) is 3.86. The lowest BCUT2D eigenvalue weighted by atomic mass is 10.1. The van der Waals surface area contributed by atoms with Crippen LogP contribution in [0.5, 0.6) is 0 Å². The van der Waals surface area contributed by atoms with Gasteiger partial charge in [-0.3, -0.25) is 5.32 Å². The van der Waals surface area contributed by atoms with Crippen LogP contribution in [0.4, 0.5) is 10.5 Å². The Kier molecular flexibility index (Phi) is 3.68. The number of para-hydroxylation sites is 1. The van der Waals surface area contributed by atoms with Gasteiger partial charge in [0, 0.05) is 5.69 Å². The summed E-state index contributed by atoms with van der Waals surface area (Å²) in [5.41, 5.74) is -0.621. The maximum Gasteiger partial charge on any atom is 0.416 e. The molecule has 0 atom stereocenters. The molecule has 16 heavy (non-hydrogen) atoms. The molecule has 0 spiro atoms. The van der Waals surface area contributed by atoms with Gasteiger partial charge in [0.1, 0.15) is 11.4 Å². The molecule has 0 bridgehead atoms. The number of benzene rings is 1. The van der Waals surface area contributed by atoms with Crippen molar-refractivity contribution in [2.24, 2.45) is 0 Å². The standard InChI is InChI=1S/C12H15NO3/c1-9(12(2,3)15)16-11(14)13-10-7-5-4-6-8-10/h4-8,15H,1H2,2-3H3,(H,13,14). The zero-order chi connectivity index (χ0) is 12.2. The lowest BCUT2D eigenvalue weighted by Crippen LogP contribution is -2.26. The van der Waals surface area contributed by atoms with Crippen LogP contribution in [-0.2, 0) is 4.74 Å². The third kappa shape index (κ3) is 3.74. The summed E-state index contributed by atoms with van der Waals surface area (Å²) >= 11 is 0. The Morgan fingerprint density at radius 3 is 2.44 bits per heavy atom. The SMILES string of the molecule is C=C(OC(=O)Nc1ccccc1)C(C)(C)O. The number of rotatable bonds is 3. The summed E-state index contributed by atoms with van der Waals surface area (Å²) in [5, 5.41) is 12.0. The summed E-state index contributed by atoms with van der Waals surface area (Å²) in [6.07, 6.45) is -0.668. The molecule has 4 nitrogen and oxygen atoms in total. The number of carbonyl (C=O) groups is 1. The molecule has 1 amide bonds. The van der Waals surface area contributed by atoms with Crippen molar-refractivity contribution in [1.82, 2.24) is 0 Å². The molecular weight excluding hydrogens is 206 g/mol. The molecule has 0 saturated carbocycles. The lowest BCUT2D eigenvalue weighted by Gasteiger charge is -2.19. The first-order valence-electron chi connectivity index (χ1n) is 4.85. The number of hydrogen-bond donors (Lipinski definition) is 2. The molecule has 4 heteroatoms. The number of anilines is 1. The van der Waals surface area contributed by atoms with E-state index in [2.05, 4.69) is 11.9 Å². The first-order chi connectivity index (χ1) is 7.39. The van der Waals surface area contributed by atoms with Gasteiger partial charge in [-0.05, 0) is 26.0 Å². The van der Waals surface area contributed by atoms with E-state index in [1.54, 1.807) is 24.3 Å². The summed E-state index contributed by atoms with van der Waals surface area (Å²) in [5.74, 6) is 0.000862. The first kappa shape index (κ1) is 12.3. The van der Waals surface area contributed by atoms with Crippen molar-refractivity contribution in [3.8, 4) is 0 Å². The Hall–Kier alpha value is -1.81. The molecular formula is C12H15NO3. The molecule has 0 aliphatic carbocycles. The minimum Gasteiger partial charge on any atom is -0.412 e. The monoisotopic (exact) mass is 221 g/mol. The number of aliphatic hydroxyl groups is 1. The fourth-order valence-electron chi connectivity index (χ4n) is 0.902. The van der Waals surface area contributed by atoms with E-state index < -0.39 is 11.7 Å². The van der Waals surface area contributed by atoms with E-state index >= 15 is 0 Å². The van der Waals surface area contributed by atoms with Gasteiger partial charge in [-0.15, -0.1) is 0 Å². The average molecular weight is 221 g/mol. The quantitative estimate of drug-likeness (QED) is 0.771. The van der Waals surface area contributed by atoms with Crippen LogP contribution in [0.15, 0.2) is 42.7 Å². The second-order valence-electron chi connectivity index (χ2n) is 3.86. The fraction of sp³-hybridized carbons (Fsp3) is 0.250. The smallest absolute Gasteiger partial charge is 0.412 e. The van der Waals surface area contributed by atoms with Gasteiger partial charge in [-0.25, -0.2) is 4.79 Å². The molecule has 86 valence electrons. The molecule has 0 aliphatic rings. The third-order valence-electron chi connectivity index (χ3n) is 1.92. The van der Waals surface area contributed by atoms with Crippen LogP contribution in [0, 0.1) is 0 Å². The minimum atomic E-state index is -1.24. The van der Waals surface area contributed by atoms with Crippen LogP contribution < -0.4 is 5.32 Å². The predicted molar refractivity (Wildman–Crippen MR) is 62.0 cm³/mol. The molecule has 0 aromatic heterocycles. The van der Waals surface area contributed by atoms with Crippen LogP contribution in [-0.4, -0.2) is 16.8 Å². The number of ether oxygens (including phenoxy) is 1. The van der Waals surface area contributed by atoms with Crippen molar-refractivity contribution in [2.45, 2.75) is 19.4 Å². The highest BCUT2D eigenvalue weighted by Gasteiger charge is 2.21. The van der Waals surface area contributed by atoms with Gasteiger partial charge in [-0.1, -0.05) is 24.8 Å². The topological polar surface area (TPSA) is 58.6 Å². The molecule has 0 heterocycles. The Morgan fingerprint density at radius 2 is 1.94 bits per heavy atom. The average Bonchev–Trinajstić information content (AvgIpc) is 2.17. The normalized spacial score (nSPS) is 10.7. The van der Waals surface area contributed by atoms with Crippen LogP contribution in [0.3, 0.4) is 0 Å². The lowest BCUT2D eigenvalue weighted by molar-refractivity contribution is 0.0629. The molecule has 2 N–H and O–H groups in total. The molecule has 1 rings (SSSR count). The molecule has 1 aromatic carbocycles. The van der Waals surface area contributed by atoms with Crippen LogP contribution >= 0.6 is 0 Å². The van der Waals surface area contributed by atoms with Crippen molar-refractivity contribution in [2.75, 3.05) is 5.32 Å². The van der Waals surface area contributed by atoms with Crippen molar-refractivity contribution >= 4 is 11.8 Å². The second kappa shape index (κ2) is 4.81. The van der Waals surface area contributed by atoms with E-state index in [0.717, 1.165) is 0 Å². The predicted octanol–water partition coefficient (Wildman–Crippen LogP) is 2.52. The van der Waals surface area contributed by atoms with Crippen molar-refractivity contribution in [3.05, 3.63) is 42.7 Å². The highest BCUT2D eigenvalue weighted by atomic mass is 16.6. The van der Waals surface area contributed by atoms with E-state index in [1.807, 2.05) is 6.07 Å². The van der Waals surface area contributed by atoms with Gasteiger partial charge in [-0.2, -0.15) is 0 Å². The third-order valence-corrected chi connectivity index (χ3v) is 1.92. The summed E-state index contributed by atoms with van der Waals surface area (Å²) in [6, 6.07) is 8.88. The highest BCUT2D eigenvalue weighted by Crippen LogP contribution is 2.15. The van der Waals surface area contributed by atoms with Crippen molar-refractivity contribution in [1.29, 1.82) is 0 Å². The van der Waals surface area contributed by atoms with Gasteiger partial charge >= 0.3 is 6.09 Å². The highest BCUT2D eigenvalue weighted by molar-refractivity contribution is 5.85. The zero-order valence-electron chi connectivity index (χ0n) is 9.36.